The number of hydrogen-bond acceptors (Lipinski definition) is 6. The molecule has 8 nitrogen and oxygen atoms in total. The van der Waals surface area contributed by atoms with Gasteiger partial charge in [-0.2, -0.15) is 4.98 Å². The number of aromatic nitrogens is 2. The predicted molar refractivity (Wildman–Crippen MR) is 125 cm³/mol. The summed E-state index contributed by atoms with van der Waals surface area (Å²) in [6.07, 6.45) is 5.18. The number of halogens is 1. The van der Waals surface area contributed by atoms with Gasteiger partial charge in [0.2, 0.25) is 5.89 Å². The van der Waals surface area contributed by atoms with Crippen LogP contribution >= 0.6 is 24.0 Å². The third-order valence-corrected chi connectivity index (χ3v) is 5.51. The molecule has 0 saturated carbocycles. The number of rotatable bonds is 8. The molecule has 0 spiro atoms. The highest BCUT2D eigenvalue weighted by molar-refractivity contribution is 14.0. The Morgan fingerprint density at radius 2 is 2.07 bits per heavy atom. The van der Waals surface area contributed by atoms with Gasteiger partial charge in [-0.1, -0.05) is 11.6 Å². The molecule has 29 heavy (non-hydrogen) atoms. The van der Waals surface area contributed by atoms with Crippen molar-refractivity contribution in [3.05, 3.63) is 11.7 Å². The Hall–Kier alpha value is -0.940. The van der Waals surface area contributed by atoms with Gasteiger partial charge in [-0.15, -0.1) is 24.0 Å². The number of hydrogen-bond donors (Lipinski definition) is 1. The van der Waals surface area contributed by atoms with Crippen molar-refractivity contribution < 1.29 is 9.26 Å². The summed E-state index contributed by atoms with van der Waals surface area (Å²) in [4.78, 5) is 14.2. The highest BCUT2D eigenvalue weighted by Crippen LogP contribution is 2.20. The van der Waals surface area contributed by atoms with Gasteiger partial charge in [-0.05, 0) is 59.0 Å². The molecule has 3 rings (SSSR count). The van der Waals surface area contributed by atoms with Gasteiger partial charge in [-0.3, -0.25) is 0 Å². The van der Waals surface area contributed by atoms with Crippen LogP contribution in [0.4, 0.5) is 0 Å². The van der Waals surface area contributed by atoms with Crippen LogP contribution in [-0.2, 0) is 11.3 Å². The van der Waals surface area contributed by atoms with Crippen molar-refractivity contribution in [1.29, 1.82) is 0 Å². The van der Waals surface area contributed by atoms with Gasteiger partial charge in [0.25, 0.3) is 0 Å². The molecule has 2 saturated heterocycles. The number of ether oxygens (including phenoxy) is 1. The third-order valence-electron chi connectivity index (χ3n) is 5.51. The van der Waals surface area contributed by atoms with E-state index < -0.39 is 0 Å². The minimum Gasteiger partial charge on any atom is -0.371 e. The van der Waals surface area contributed by atoms with E-state index in [4.69, 9.17) is 14.3 Å². The van der Waals surface area contributed by atoms with E-state index >= 15 is 0 Å². The lowest BCUT2D eigenvalue weighted by atomic mass is 10.1. The fourth-order valence-corrected chi connectivity index (χ4v) is 4.07. The zero-order chi connectivity index (χ0) is 19.8. The molecule has 2 atom stereocenters. The second kappa shape index (κ2) is 12.7. The number of likely N-dealkylation sites (tertiary alicyclic amines) is 2. The number of piperidine rings is 1. The predicted octanol–water partition coefficient (Wildman–Crippen LogP) is 3.06. The second-order valence-electron chi connectivity index (χ2n) is 7.78. The van der Waals surface area contributed by atoms with Gasteiger partial charge < -0.3 is 24.4 Å². The summed E-state index contributed by atoms with van der Waals surface area (Å²) in [6.45, 7) is 13.7. The molecule has 9 heteroatoms. The van der Waals surface area contributed by atoms with Crippen LogP contribution in [0.3, 0.4) is 0 Å². The van der Waals surface area contributed by atoms with Crippen LogP contribution in [0.25, 0.3) is 0 Å². The molecule has 0 radical (unpaired) electrons. The van der Waals surface area contributed by atoms with Crippen LogP contribution in [0.5, 0.6) is 0 Å². The van der Waals surface area contributed by atoms with Crippen molar-refractivity contribution in [2.75, 3.05) is 45.9 Å². The lowest BCUT2D eigenvalue weighted by molar-refractivity contribution is 0.0683. The lowest BCUT2D eigenvalue weighted by Gasteiger charge is -2.29. The minimum atomic E-state index is -0.158. The number of nitrogens with one attached hydrogen (secondary N) is 1. The normalized spacial score (nSPS) is 21.8. The Labute approximate surface area is 191 Å². The fraction of sp³-hybridized carbons (Fsp3) is 0.850. The standard InChI is InChI=1S/C20H36N6O2.HI/c1-4-21-20(22-13-18-23-19(24-28-18)16(3)27-5-2)26-12-9-17(15-26)14-25-10-7-6-8-11-25;/h16-17H,4-15H2,1-3H3,(H,21,22);1H. The molecular formula is C20H37IN6O2. The van der Waals surface area contributed by atoms with Crippen LogP contribution in [0.1, 0.15) is 64.3 Å². The maximum Gasteiger partial charge on any atom is 0.248 e. The SMILES string of the molecule is CCNC(=NCc1nc(C(C)OCC)no1)N1CCC(CN2CCCCC2)C1.I. The molecule has 2 aliphatic rings. The van der Waals surface area contributed by atoms with Crippen LogP contribution in [0.15, 0.2) is 9.52 Å². The summed E-state index contributed by atoms with van der Waals surface area (Å²) in [5.74, 6) is 2.78. The fourth-order valence-electron chi connectivity index (χ4n) is 4.07. The molecule has 1 aromatic rings. The molecule has 0 amide bonds. The quantitative estimate of drug-likeness (QED) is 0.321. The first-order chi connectivity index (χ1) is 13.7. The zero-order valence-electron chi connectivity index (χ0n) is 18.1. The highest BCUT2D eigenvalue weighted by atomic mass is 127. The Morgan fingerprint density at radius 3 is 2.79 bits per heavy atom. The first-order valence-electron chi connectivity index (χ1n) is 10.9. The highest BCUT2D eigenvalue weighted by Gasteiger charge is 2.27. The first-order valence-corrected chi connectivity index (χ1v) is 10.9. The number of nitrogens with zero attached hydrogens (tertiary/aromatic N) is 5. The van der Waals surface area contributed by atoms with E-state index in [0.717, 1.165) is 31.5 Å². The van der Waals surface area contributed by atoms with Crippen LogP contribution in [0, 0.1) is 5.92 Å². The molecule has 2 aliphatic heterocycles. The molecule has 1 N–H and O–H groups in total. The maximum atomic E-state index is 5.52. The summed E-state index contributed by atoms with van der Waals surface area (Å²) >= 11 is 0. The van der Waals surface area contributed by atoms with Crippen molar-refractivity contribution in [1.82, 2.24) is 25.3 Å². The van der Waals surface area contributed by atoms with E-state index in [1.165, 1.54) is 45.3 Å². The van der Waals surface area contributed by atoms with Crippen molar-refractivity contribution in [2.45, 2.75) is 59.1 Å². The van der Waals surface area contributed by atoms with Gasteiger partial charge in [0.05, 0.1) is 0 Å². The van der Waals surface area contributed by atoms with Crippen LogP contribution in [0.2, 0.25) is 0 Å². The summed E-state index contributed by atoms with van der Waals surface area (Å²) < 4.78 is 10.9. The van der Waals surface area contributed by atoms with Crippen LogP contribution < -0.4 is 5.32 Å². The Bertz CT molecular complexity index is 620. The lowest BCUT2D eigenvalue weighted by Crippen LogP contribution is -2.41. The van der Waals surface area contributed by atoms with Gasteiger partial charge >= 0.3 is 0 Å². The average Bonchev–Trinajstić information content (AvgIpc) is 3.36. The largest absolute Gasteiger partial charge is 0.371 e. The summed E-state index contributed by atoms with van der Waals surface area (Å²) in [6, 6.07) is 0. The van der Waals surface area contributed by atoms with Gasteiger partial charge in [-0.25, -0.2) is 4.99 Å². The van der Waals surface area contributed by atoms with Crippen molar-refractivity contribution >= 4 is 29.9 Å². The van der Waals surface area contributed by atoms with Crippen molar-refractivity contribution in [3.63, 3.8) is 0 Å². The Kier molecular flexibility index (Phi) is 10.6. The molecule has 0 bridgehead atoms. The topological polar surface area (TPSA) is 79.0 Å². The van der Waals surface area contributed by atoms with E-state index in [1.807, 2.05) is 13.8 Å². The van der Waals surface area contributed by atoms with E-state index in [0.29, 0.717) is 24.9 Å². The average molecular weight is 520 g/mol. The number of guanidine groups is 1. The van der Waals surface area contributed by atoms with E-state index in [9.17, 15) is 0 Å². The summed E-state index contributed by atoms with van der Waals surface area (Å²) in [5, 5.41) is 7.43. The smallest absolute Gasteiger partial charge is 0.248 e. The molecule has 1 aromatic heterocycles. The van der Waals surface area contributed by atoms with E-state index in [-0.39, 0.29) is 30.1 Å². The van der Waals surface area contributed by atoms with Gasteiger partial charge in [0, 0.05) is 32.8 Å². The zero-order valence-corrected chi connectivity index (χ0v) is 20.4. The minimum absolute atomic E-state index is 0. The molecule has 0 aromatic carbocycles. The van der Waals surface area contributed by atoms with Crippen LogP contribution in [-0.4, -0.2) is 71.8 Å². The number of aliphatic imine (C=N–C) groups is 1. The van der Waals surface area contributed by atoms with Gasteiger partial charge in [0.1, 0.15) is 12.6 Å². The first kappa shape index (κ1) is 24.3. The monoisotopic (exact) mass is 520 g/mol. The van der Waals surface area contributed by atoms with E-state index in [1.54, 1.807) is 0 Å². The van der Waals surface area contributed by atoms with Gasteiger partial charge in [0.15, 0.2) is 11.8 Å². The summed E-state index contributed by atoms with van der Waals surface area (Å²) in [7, 11) is 0. The Balaban J connectivity index is 0.00000300. The second-order valence-corrected chi connectivity index (χ2v) is 7.78. The Morgan fingerprint density at radius 1 is 1.28 bits per heavy atom. The third kappa shape index (κ3) is 7.36. The molecule has 2 fully saturated rings. The molecular weight excluding hydrogens is 483 g/mol. The molecule has 0 aliphatic carbocycles. The molecule has 3 heterocycles. The maximum absolute atomic E-state index is 5.52. The van der Waals surface area contributed by atoms with Crippen molar-refractivity contribution in [2.24, 2.45) is 10.9 Å². The molecule has 166 valence electrons. The summed E-state index contributed by atoms with van der Waals surface area (Å²) in [5.41, 5.74) is 0. The van der Waals surface area contributed by atoms with E-state index in [2.05, 4.69) is 32.2 Å². The molecule has 2 unspecified atom stereocenters. The van der Waals surface area contributed by atoms with Crippen molar-refractivity contribution in [3.8, 4) is 0 Å².